The number of aryl methyl sites for hydroxylation is 2. The number of ether oxygens (including phenoxy) is 1. The number of hydrogen-bond acceptors (Lipinski definition) is 2. The van der Waals surface area contributed by atoms with Crippen molar-refractivity contribution < 1.29 is 9.84 Å². The summed E-state index contributed by atoms with van der Waals surface area (Å²) in [5.41, 5.74) is 2.96. The Kier molecular flexibility index (Phi) is 5.36. The van der Waals surface area contributed by atoms with Gasteiger partial charge in [0.1, 0.15) is 6.10 Å². The molecule has 0 aliphatic heterocycles. The van der Waals surface area contributed by atoms with Gasteiger partial charge < -0.3 is 9.84 Å². The molecule has 1 unspecified atom stereocenters. The summed E-state index contributed by atoms with van der Waals surface area (Å²) in [6.07, 6.45) is 1.06. The predicted molar refractivity (Wildman–Crippen MR) is 75.8 cm³/mol. The third-order valence-corrected chi connectivity index (χ3v) is 3.97. The average molecular weight is 250 g/mol. The molecule has 1 rings (SSSR count). The minimum absolute atomic E-state index is 0.462. The van der Waals surface area contributed by atoms with E-state index < -0.39 is 11.7 Å². The van der Waals surface area contributed by atoms with Crippen molar-refractivity contribution in [2.24, 2.45) is 0 Å². The third-order valence-electron chi connectivity index (χ3n) is 3.97. The van der Waals surface area contributed by atoms with Gasteiger partial charge in [0, 0.05) is 6.61 Å². The van der Waals surface area contributed by atoms with Crippen LogP contribution in [0.3, 0.4) is 0 Å². The quantitative estimate of drug-likeness (QED) is 0.829. The van der Waals surface area contributed by atoms with Crippen LogP contribution in [-0.4, -0.2) is 17.3 Å². The van der Waals surface area contributed by atoms with Crippen LogP contribution in [0.1, 0.15) is 56.4 Å². The first-order valence-corrected chi connectivity index (χ1v) is 6.89. The molecule has 1 aromatic carbocycles. The van der Waals surface area contributed by atoms with Gasteiger partial charge in [-0.2, -0.15) is 0 Å². The Morgan fingerprint density at radius 2 is 1.72 bits per heavy atom. The molecule has 18 heavy (non-hydrogen) atoms. The van der Waals surface area contributed by atoms with E-state index in [9.17, 15) is 5.11 Å². The first-order chi connectivity index (χ1) is 8.50. The van der Waals surface area contributed by atoms with Crippen LogP contribution in [0.25, 0.3) is 0 Å². The van der Waals surface area contributed by atoms with Crippen molar-refractivity contribution in [1.29, 1.82) is 0 Å². The van der Waals surface area contributed by atoms with E-state index in [0.717, 1.165) is 18.4 Å². The Balaban J connectivity index is 3.08. The van der Waals surface area contributed by atoms with Crippen molar-refractivity contribution in [2.75, 3.05) is 6.61 Å². The maximum atomic E-state index is 10.7. The molecular weight excluding hydrogens is 224 g/mol. The van der Waals surface area contributed by atoms with E-state index in [1.807, 2.05) is 13.0 Å². The monoisotopic (exact) mass is 250 g/mol. The normalized spacial score (nSPS) is 13.7. The molecule has 1 aromatic rings. The number of rotatable bonds is 6. The lowest BCUT2D eigenvalue weighted by Gasteiger charge is -2.36. The van der Waals surface area contributed by atoms with Crippen LogP contribution < -0.4 is 0 Å². The number of aliphatic hydroxyl groups is 1. The standard InChI is InChI=1S/C16H26O2/c1-6-16(7-2,18-8-3)15(17)14-10-9-12(4)13(5)11-14/h9-11,15,17H,6-8H2,1-5H3. The molecule has 0 aromatic heterocycles. The number of benzene rings is 1. The second-order valence-corrected chi connectivity index (χ2v) is 4.95. The van der Waals surface area contributed by atoms with Crippen LogP contribution >= 0.6 is 0 Å². The van der Waals surface area contributed by atoms with Gasteiger partial charge in [0.25, 0.3) is 0 Å². The molecule has 0 spiro atoms. The maximum absolute atomic E-state index is 10.7. The summed E-state index contributed by atoms with van der Waals surface area (Å²) in [4.78, 5) is 0. The molecule has 1 N–H and O–H groups in total. The van der Waals surface area contributed by atoms with Crippen molar-refractivity contribution in [3.05, 3.63) is 34.9 Å². The van der Waals surface area contributed by atoms with Gasteiger partial charge in [0.05, 0.1) is 5.60 Å². The molecule has 0 fully saturated rings. The van der Waals surface area contributed by atoms with Crippen LogP contribution in [0, 0.1) is 13.8 Å². The summed E-state index contributed by atoms with van der Waals surface area (Å²) in [6, 6.07) is 6.14. The van der Waals surface area contributed by atoms with Crippen molar-refractivity contribution in [1.82, 2.24) is 0 Å². The molecule has 102 valence electrons. The highest BCUT2D eigenvalue weighted by atomic mass is 16.5. The first kappa shape index (κ1) is 15.2. The zero-order valence-electron chi connectivity index (χ0n) is 12.3. The summed E-state index contributed by atoms with van der Waals surface area (Å²) in [7, 11) is 0. The highest BCUT2D eigenvalue weighted by Gasteiger charge is 2.36. The SMILES string of the molecule is CCOC(CC)(CC)C(O)c1ccc(C)c(C)c1. The Hall–Kier alpha value is -0.860. The molecule has 0 radical (unpaired) electrons. The Labute approximate surface area is 111 Å². The summed E-state index contributed by atoms with van der Waals surface area (Å²) in [6.45, 7) is 10.9. The maximum Gasteiger partial charge on any atom is 0.108 e. The largest absolute Gasteiger partial charge is 0.385 e. The Bertz CT molecular complexity index is 381. The van der Waals surface area contributed by atoms with Crippen LogP contribution in [-0.2, 0) is 4.74 Å². The molecule has 0 saturated heterocycles. The van der Waals surface area contributed by atoms with Crippen molar-refractivity contribution in [3.8, 4) is 0 Å². The highest BCUT2D eigenvalue weighted by Crippen LogP contribution is 2.35. The molecule has 1 atom stereocenters. The van der Waals surface area contributed by atoms with Crippen LogP contribution in [0.5, 0.6) is 0 Å². The molecule has 2 nitrogen and oxygen atoms in total. The van der Waals surface area contributed by atoms with Gasteiger partial charge in [-0.25, -0.2) is 0 Å². The van der Waals surface area contributed by atoms with Gasteiger partial charge in [0.2, 0.25) is 0 Å². The second kappa shape index (κ2) is 6.35. The van der Waals surface area contributed by atoms with E-state index >= 15 is 0 Å². The number of hydrogen-bond donors (Lipinski definition) is 1. The van der Waals surface area contributed by atoms with Crippen molar-refractivity contribution >= 4 is 0 Å². The summed E-state index contributed by atoms with van der Waals surface area (Å²) >= 11 is 0. The van der Waals surface area contributed by atoms with E-state index in [0.29, 0.717) is 6.61 Å². The summed E-state index contributed by atoms with van der Waals surface area (Å²) in [5, 5.41) is 10.7. The fourth-order valence-corrected chi connectivity index (χ4v) is 2.45. The molecule has 0 bridgehead atoms. The molecule has 2 heteroatoms. The van der Waals surface area contributed by atoms with E-state index in [-0.39, 0.29) is 0 Å². The molecule has 0 aliphatic rings. The lowest BCUT2D eigenvalue weighted by atomic mass is 9.85. The lowest BCUT2D eigenvalue weighted by Crippen LogP contribution is -2.38. The van der Waals surface area contributed by atoms with Crippen molar-refractivity contribution in [2.45, 2.75) is 59.2 Å². The highest BCUT2D eigenvalue weighted by molar-refractivity contribution is 5.32. The van der Waals surface area contributed by atoms with Crippen molar-refractivity contribution in [3.63, 3.8) is 0 Å². The first-order valence-electron chi connectivity index (χ1n) is 6.89. The van der Waals surface area contributed by atoms with Crippen LogP contribution in [0.4, 0.5) is 0 Å². The molecule has 0 saturated carbocycles. The summed E-state index contributed by atoms with van der Waals surface area (Å²) in [5.74, 6) is 0. The Morgan fingerprint density at radius 3 is 2.17 bits per heavy atom. The fourth-order valence-electron chi connectivity index (χ4n) is 2.45. The zero-order valence-corrected chi connectivity index (χ0v) is 12.3. The van der Waals surface area contributed by atoms with Gasteiger partial charge in [-0.15, -0.1) is 0 Å². The van der Waals surface area contributed by atoms with E-state index in [1.165, 1.54) is 11.1 Å². The average Bonchev–Trinajstić information content (AvgIpc) is 2.38. The van der Waals surface area contributed by atoms with E-state index in [4.69, 9.17) is 4.74 Å². The fraction of sp³-hybridized carbons (Fsp3) is 0.625. The predicted octanol–water partition coefficient (Wildman–Crippen LogP) is 3.93. The van der Waals surface area contributed by atoms with Gasteiger partial charge >= 0.3 is 0 Å². The van der Waals surface area contributed by atoms with Gasteiger partial charge in [-0.05, 0) is 50.3 Å². The smallest absolute Gasteiger partial charge is 0.108 e. The molecular formula is C16H26O2. The van der Waals surface area contributed by atoms with Crippen LogP contribution in [0.2, 0.25) is 0 Å². The topological polar surface area (TPSA) is 29.5 Å². The van der Waals surface area contributed by atoms with Crippen LogP contribution in [0.15, 0.2) is 18.2 Å². The summed E-state index contributed by atoms with van der Waals surface area (Å²) < 4.78 is 5.86. The van der Waals surface area contributed by atoms with Gasteiger partial charge in [0.15, 0.2) is 0 Å². The zero-order chi connectivity index (χ0) is 13.8. The second-order valence-electron chi connectivity index (χ2n) is 4.95. The van der Waals surface area contributed by atoms with Gasteiger partial charge in [-0.1, -0.05) is 32.0 Å². The molecule has 0 heterocycles. The molecule has 0 aliphatic carbocycles. The van der Waals surface area contributed by atoms with Gasteiger partial charge in [-0.3, -0.25) is 0 Å². The minimum Gasteiger partial charge on any atom is -0.385 e. The van der Waals surface area contributed by atoms with E-state index in [1.54, 1.807) is 0 Å². The van der Waals surface area contributed by atoms with E-state index in [2.05, 4.69) is 39.8 Å². The number of aliphatic hydroxyl groups excluding tert-OH is 1. The Morgan fingerprint density at radius 1 is 1.11 bits per heavy atom. The third kappa shape index (κ3) is 2.93. The molecule has 0 amide bonds. The lowest BCUT2D eigenvalue weighted by molar-refractivity contribution is -0.127. The minimum atomic E-state index is -0.563.